The Balaban J connectivity index is 0.000000702. The largest absolute Gasteiger partial charge is 0.673 e. The molecule has 2 aromatic rings. The molecule has 30 heavy (non-hydrogen) atoms. The quantitative estimate of drug-likeness (QED) is 0.307. The van der Waals surface area contributed by atoms with Gasteiger partial charge in [-0.3, -0.25) is 0 Å². The Hall–Kier alpha value is -2.13. The Morgan fingerprint density at radius 2 is 1.00 bits per heavy atom. The summed E-state index contributed by atoms with van der Waals surface area (Å²) in [6, 6.07) is 12.5. The van der Waals surface area contributed by atoms with Crippen LogP contribution in [-0.4, -0.2) is 14.5 Å². The van der Waals surface area contributed by atoms with E-state index in [0.29, 0.717) is 5.92 Å². The second-order valence-electron chi connectivity index (χ2n) is 6.37. The molecule has 0 aliphatic heterocycles. The topological polar surface area (TPSA) is 7.76 Å². The highest BCUT2D eigenvalue weighted by molar-refractivity contribution is 6.50. The average Bonchev–Trinajstić information content (AvgIpc) is 2.65. The summed E-state index contributed by atoms with van der Waals surface area (Å²) in [6.45, 7) is 8.78. The van der Waals surface area contributed by atoms with Crippen molar-refractivity contribution in [2.45, 2.75) is 38.8 Å². The fraction of sp³-hybridized carbons (Fsp3) is 0.389. The van der Waals surface area contributed by atoms with Crippen molar-refractivity contribution in [3.05, 3.63) is 68.1 Å². The van der Waals surface area contributed by atoms with E-state index in [2.05, 4.69) is 91.1 Å². The normalized spacial score (nSPS) is 12.8. The highest BCUT2D eigenvalue weighted by Crippen LogP contribution is 2.22. The first-order valence-electron chi connectivity index (χ1n) is 9.24. The van der Waals surface area contributed by atoms with E-state index < -0.39 is 14.5 Å². The molecule has 0 saturated carbocycles. The lowest BCUT2D eigenvalue weighted by Gasteiger charge is -2.24. The minimum absolute atomic E-state index is 0.0784. The maximum Gasteiger partial charge on any atom is 0.673 e. The Morgan fingerprint density at radius 3 is 1.23 bits per heavy atom. The van der Waals surface area contributed by atoms with Crippen molar-refractivity contribution in [3.63, 3.8) is 0 Å². The van der Waals surface area contributed by atoms with Gasteiger partial charge in [0.2, 0.25) is 0 Å². The predicted molar refractivity (Wildman–Crippen MR) is 101 cm³/mol. The smallest absolute Gasteiger partial charge is 0.418 e. The van der Waals surface area contributed by atoms with Crippen molar-refractivity contribution in [1.29, 1.82) is 0 Å². The molecule has 169 valence electrons. The zero-order valence-electron chi connectivity index (χ0n) is 16.8. The second-order valence-corrected chi connectivity index (χ2v) is 6.37. The van der Waals surface area contributed by atoms with Gasteiger partial charge in [0, 0.05) is 24.3 Å². The molecule has 1 atom stereocenters. The minimum atomic E-state index is -6.00. The molecule has 1 radical (unpaired) electrons. The van der Waals surface area contributed by atoms with E-state index in [0.717, 1.165) is 19.3 Å². The summed E-state index contributed by atoms with van der Waals surface area (Å²) in [7, 11) is -12.0. The molecule has 0 amide bonds. The lowest BCUT2D eigenvalue weighted by Crippen LogP contribution is -2.73. The zero-order chi connectivity index (χ0) is 23.4. The Kier molecular flexibility index (Phi) is 11.6. The Bertz CT molecular complexity index is 633. The molecule has 0 fully saturated rings. The van der Waals surface area contributed by atoms with E-state index in [1.54, 1.807) is 0 Å². The minimum Gasteiger partial charge on any atom is -0.418 e. The Labute approximate surface area is 171 Å². The first-order valence-corrected chi connectivity index (χ1v) is 9.24. The molecule has 0 aromatic carbocycles. The van der Waals surface area contributed by atoms with Gasteiger partial charge in [-0.15, -0.1) is 9.13 Å². The van der Waals surface area contributed by atoms with Crippen molar-refractivity contribution < 1.29 is 43.7 Å². The zero-order valence-corrected chi connectivity index (χ0v) is 16.8. The summed E-state index contributed by atoms with van der Waals surface area (Å²) in [5.41, 5.74) is -0.0784. The van der Waals surface area contributed by atoms with E-state index in [1.165, 1.54) is 0 Å². The number of hydrogen-bond donors (Lipinski definition) is 0. The van der Waals surface area contributed by atoms with Gasteiger partial charge in [0.15, 0.2) is 24.8 Å². The van der Waals surface area contributed by atoms with Gasteiger partial charge in [-0.25, -0.2) is 0 Å². The van der Waals surface area contributed by atoms with Crippen LogP contribution in [0.25, 0.3) is 0 Å². The van der Waals surface area contributed by atoms with Gasteiger partial charge in [-0.05, 0) is 12.8 Å². The third-order valence-electron chi connectivity index (χ3n) is 4.15. The predicted octanol–water partition coefficient (Wildman–Crippen LogP) is 5.72. The van der Waals surface area contributed by atoms with Crippen LogP contribution in [0.5, 0.6) is 0 Å². The van der Waals surface area contributed by atoms with Crippen molar-refractivity contribution in [3.8, 4) is 0 Å². The van der Waals surface area contributed by atoms with E-state index in [-0.39, 0.29) is 5.66 Å². The van der Waals surface area contributed by atoms with Crippen LogP contribution in [0, 0.1) is 12.8 Å². The van der Waals surface area contributed by atoms with Gasteiger partial charge in [-0.1, -0.05) is 32.4 Å². The lowest BCUT2D eigenvalue weighted by atomic mass is 9.91. The molecule has 2 nitrogen and oxygen atoms in total. The van der Waals surface area contributed by atoms with Crippen molar-refractivity contribution >= 4 is 14.5 Å². The van der Waals surface area contributed by atoms with Crippen LogP contribution >= 0.6 is 0 Å². The maximum absolute atomic E-state index is 9.75. The van der Waals surface area contributed by atoms with Crippen molar-refractivity contribution in [2.75, 3.05) is 0 Å². The standard InChI is InChI=1S/C18H25N2.2BF4/c1-4-17(3)16-18(5-2,19-12-8-6-9-13-19)20-14-10-7-11-15-20;2*2-1(3,4)5/h6-15,17H,3-5,16H2,1-2H3;;/q+2;2*-1. The van der Waals surface area contributed by atoms with E-state index in [1.807, 2.05) is 0 Å². The number of halogens is 8. The van der Waals surface area contributed by atoms with Gasteiger partial charge in [-0.2, -0.15) is 0 Å². The van der Waals surface area contributed by atoms with Crippen LogP contribution in [0.2, 0.25) is 0 Å². The summed E-state index contributed by atoms with van der Waals surface area (Å²) in [5, 5.41) is 0. The molecular formula is C18H25B2F8N2. The molecule has 2 aromatic heterocycles. The fourth-order valence-corrected chi connectivity index (χ4v) is 2.81. The molecule has 2 heterocycles. The second kappa shape index (κ2) is 12.5. The maximum atomic E-state index is 9.75. The SMILES string of the molecule is F[B-](F)(F)F.F[B-](F)(F)F.[CH2]C(CC)CC(CC)([n+]1ccccc1)[n+]1ccccc1. The molecule has 12 heteroatoms. The average molecular weight is 443 g/mol. The van der Waals surface area contributed by atoms with Gasteiger partial charge in [0.25, 0.3) is 0 Å². The van der Waals surface area contributed by atoms with Gasteiger partial charge < -0.3 is 34.5 Å². The molecule has 0 N–H and O–H groups in total. The molecule has 0 aliphatic rings. The van der Waals surface area contributed by atoms with Crippen LogP contribution < -0.4 is 9.13 Å². The summed E-state index contributed by atoms with van der Waals surface area (Å²) in [4.78, 5) is 0. The number of aromatic nitrogens is 2. The third kappa shape index (κ3) is 12.4. The fourth-order valence-electron chi connectivity index (χ4n) is 2.81. The number of pyridine rings is 2. The van der Waals surface area contributed by atoms with E-state index >= 15 is 0 Å². The molecule has 1 unspecified atom stereocenters. The van der Waals surface area contributed by atoms with Crippen molar-refractivity contribution in [2.24, 2.45) is 5.92 Å². The van der Waals surface area contributed by atoms with Crippen LogP contribution in [0.15, 0.2) is 61.2 Å². The summed E-state index contributed by atoms with van der Waals surface area (Å²) in [6.07, 6.45) is 11.8. The van der Waals surface area contributed by atoms with Gasteiger partial charge in [0.05, 0.1) is 12.8 Å². The Morgan fingerprint density at radius 1 is 0.700 bits per heavy atom. The summed E-state index contributed by atoms with van der Waals surface area (Å²) >= 11 is 0. The highest BCUT2D eigenvalue weighted by atomic mass is 19.5. The molecule has 0 aliphatic carbocycles. The van der Waals surface area contributed by atoms with E-state index in [9.17, 15) is 34.5 Å². The van der Waals surface area contributed by atoms with Crippen LogP contribution in [0.3, 0.4) is 0 Å². The van der Waals surface area contributed by atoms with Crippen LogP contribution in [0.4, 0.5) is 34.5 Å². The lowest BCUT2D eigenvalue weighted by molar-refractivity contribution is -0.997. The molecular weight excluding hydrogens is 418 g/mol. The van der Waals surface area contributed by atoms with Crippen molar-refractivity contribution in [1.82, 2.24) is 0 Å². The molecule has 0 saturated heterocycles. The monoisotopic (exact) mass is 443 g/mol. The molecule has 0 bridgehead atoms. The molecule has 0 spiro atoms. The van der Waals surface area contributed by atoms with Crippen LogP contribution in [0.1, 0.15) is 33.1 Å². The first kappa shape index (κ1) is 27.9. The number of hydrogen-bond acceptors (Lipinski definition) is 0. The third-order valence-corrected chi connectivity index (χ3v) is 4.15. The highest BCUT2D eigenvalue weighted by Gasteiger charge is 2.47. The number of nitrogens with zero attached hydrogens (tertiary/aromatic N) is 2. The molecule has 2 rings (SSSR count). The van der Waals surface area contributed by atoms with E-state index in [4.69, 9.17) is 0 Å². The van der Waals surface area contributed by atoms with Gasteiger partial charge >= 0.3 is 20.2 Å². The van der Waals surface area contributed by atoms with Crippen LogP contribution in [-0.2, 0) is 5.66 Å². The summed E-state index contributed by atoms with van der Waals surface area (Å²) in [5.74, 6) is 0.440. The first-order chi connectivity index (χ1) is 13.7. The summed E-state index contributed by atoms with van der Waals surface area (Å²) < 4.78 is 82.6. The van der Waals surface area contributed by atoms with Gasteiger partial charge in [0.1, 0.15) is 0 Å². The number of rotatable bonds is 6.